The van der Waals surface area contributed by atoms with Crippen LogP contribution in [0.2, 0.25) is 0 Å². The Bertz CT molecular complexity index is 139. The third-order valence-corrected chi connectivity index (χ3v) is 2.82. The normalized spacial score (nSPS) is 32.0. The summed E-state index contributed by atoms with van der Waals surface area (Å²) in [7, 11) is 0. The molecule has 0 bridgehead atoms. The Labute approximate surface area is 75.4 Å². The fraction of sp³-hybridized carbons (Fsp3) is 1.00. The highest BCUT2D eigenvalue weighted by atomic mass is 16.3. The van der Waals surface area contributed by atoms with E-state index in [0.717, 1.165) is 19.4 Å². The van der Waals surface area contributed by atoms with E-state index in [1.54, 1.807) is 0 Å². The minimum atomic E-state index is 0.327. The number of aliphatic hydroxyl groups is 1. The lowest BCUT2D eigenvalue weighted by Gasteiger charge is -2.38. The first kappa shape index (κ1) is 10.0. The standard InChI is InChI=1S/C10H21NO/c1-10(2,3)9-6-8(7-12)4-5-11-9/h8-9,11-12H,4-7H2,1-3H3. The molecular weight excluding hydrogens is 150 g/mol. The van der Waals surface area contributed by atoms with Crippen molar-refractivity contribution in [1.82, 2.24) is 5.32 Å². The Morgan fingerprint density at radius 1 is 1.42 bits per heavy atom. The predicted octanol–water partition coefficient (Wildman–Crippen LogP) is 1.39. The molecule has 2 N–H and O–H groups in total. The maximum absolute atomic E-state index is 9.05. The molecule has 1 fully saturated rings. The van der Waals surface area contributed by atoms with E-state index >= 15 is 0 Å². The van der Waals surface area contributed by atoms with E-state index in [1.165, 1.54) is 0 Å². The lowest BCUT2D eigenvalue weighted by atomic mass is 9.78. The summed E-state index contributed by atoms with van der Waals surface area (Å²) in [6, 6.07) is 0.573. The molecule has 2 heteroatoms. The Balaban J connectivity index is 2.46. The molecule has 0 spiro atoms. The summed E-state index contributed by atoms with van der Waals surface area (Å²) >= 11 is 0. The van der Waals surface area contributed by atoms with Gasteiger partial charge in [0.1, 0.15) is 0 Å². The lowest BCUT2D eigenvalue weighted by molar-refractivity contribution is 0.133. The molecule has 1 aliphatic rings. The summed E-state index contributed by atoms with van der Waals surface area (Å²) in [6.07, 6.45) is 2.25. The molecule has 1 aliphatic heterocycles. The number of aliphatic hydroxyl groups excluding tert-OH is 1. The van der Waals surface area contributed by atoms with Crippen LogP contribution >= 0.6 is 0 Å². The second-order valence-electron chi connectivity index (χ2n) is 4.95. The quantitative estimate of drug-likeness (QED) is 0.625. The maximum Gasteiger partial charge on any atom is 0.0460 e. The van der Waals surface area contributed by atoms with Gasteiger partial charge in [0.25, 0.3) is 0 Å². The van der Waals surface area contributed by atoms with Gasteiger partial charge < -0.3 is 10.4 Å². The van der Waals surface area contributed by atoms with Gasteiger partial charge in [0.2, 0.25) is 0 Å². The molecule has 0 aliphatic carbocycles. The number of nitrogens with one attached hydrogen (secondary N) is 1. The summed E-state index contributed by atoms with van der Waals surface area (Å²) in [6.45, 7) is 8.18. The highest BCUT2D eigenvalue weighted by Gasteiger charge is 2.29. The Hall–Kier alpha value is -0.0800. The molecule has 1 rings (SSSR count). The third kappa shape index (κ3) is 2.46. The van der Waals surface area contributed by atoms with Crippen molar-refractivity contribution in [3.63, 3.8) is 0 Å². The van der Waals surface area contributed by atoms with Crippen molar-refractivity contribution < 1.29 is 5.11 Å². The van der Waals surface area contributed by atoms with Gasteiger partial charge in [-0.1, -0.05) is 20.8 Å². The molecular formula is C10H21NO. The number of rotatable bonds is 1. The first-order valence-electron chi connectivity index (χ1n) is 4.88. The minimum absolute atomic E-state index is 0.327. The van der Waals surface area contributed by atoms with Crippen LogP contribution < -0.4 is 5.32 Å². The molecule has 2 atom stereocenters. The zero-order chi connectivity index (χ0) is 9.19. The van der Waals surface area contributed by atoms with Gasteiger partial charge in [0.05, 0.1) is 0 Å². The van der Waals surface area contributed by atoms with E-state index < -0.39 is 0 Å². The zero-order valence-electron chi connectivity index (χ0n) is 8.43. The third-order valence-electron chi connectivity index (χ3n) is 2.82. The fourth-order valence-corrected chi connectivity index (χ4v) is 1.82. The smallest absolute Gasteiger partial charge is 0.0460 e. The molecule has 2 nitrogen and oxygen atoms in total. The molecule has 72 valence electrons. The summed E-state index contributed by atoms with van der Waals surface area (Å²) in [5, 5.41) is 12.6. The topological polar surface area (TPSA) is 32.3 Å². The van der Waals surface area contributed by atoms with Crippen LogP contribution in [-0.2, 0) is 0 Å². The zero-order valence-corrected chi connectivity index (χ0v) is 8.43. The summed E-state index contributed by atoms with van der Waals surface area (Å²) in [5.41, 5.74) is 0.327. The number of piperidine rings is 1. The monoisotopic (exact) mass is 171 g/mol. The molecule has 0 amide bonds. The molecule has 0 saturated carbocycles. The molecule has 0 aromatic carbocycles. The van der Waals surface area contributed by atoms with E-state index in [0.29, 0.717) is 24.0 Å². The highest BCUT2D eigenvalue weighted by Crippen LogP contribution is 2.28. The first-order chi connectivity index (χ1) is 5.54. The largest absolute Gasteiger partial charge is 0.396 e. The Morgan fingerprint density at radius 2 is 2.08 bits per heavy atom. The van der Waals surface area contributed by atoms with Gasteiger partial charge in [-0.05, 0) is 30.7 Å². The average molecular weight is 171 g/mol. The van der Waals surface area contributed by atoms with Gasteiger partial charge in [-0.15, -0.1) is 0 Å². The average Bonchev–Trinajstić information content (AvgIpc) is 2.03. The van der Waals surface area contributed by atoms with Crippen LogP contribution in [0.25, 0.3) is 0 Å². The van der Waals surface area contributed by atoms with Crippen LogP contribution in [0.4, 0.5) is 0 Å². The molecule has 0 aromatic rings. The fourth-order valence-electron chi connectivity index (χ4n) is 1.82. The Morgan fingerprint density at radius 3 is 2.58 bits per heavy atom. The van der Waals surface area contributed by atoms with Crippen LogP contribution in [0.1, 0.15) is 33.6 Å². The van der Waals surface area contributed by atoms with Crippen molar-refractivity contribution in [2.24, 2.45) is 11.3 Å². The predicted molar refractivity (Wildman–Crippen MR) is 51.1 cm³/mol. The SMILES string of the molecule is CC(C)(C)C1CC(CO)CCN1. The van der Waals surface area contributed by atoms with Gasteiger partial charge in [0.15, 0.2) is 0 Å². The van der Waals surface area contributed by atoms with Crippen molar-refractivity contribution >= 4 is 0 Å². The van der Waals surface area contributed by atoms with Crippen LogP contribution in [0.15, 0.2) is 0 Å². The van der Waals surface area contributed by atoms with E-state index in [4.69, 9.17) is 5.11 Å². The van der Waals surface area contributed by atoms with E-state index in [9.17, 15) is 0 Å². The molecule has 2 unspecified atom stereocenters. The van der Waals surface area contributed by atoms with Crippen molar-refractivity contribution in [1.29, 1.82) is 0 Å². The molecule has 0 radical (unpaired) electrons. The van der Waals surface area contributed by atoms with Gasteiger partial charge in [-0.25, -0.2) is 0 Å². The molecule has 1 heterocycles. The van der Waals surface area contributed by atoms with Crippen LogP contribution in [-0.4, -0.2) is 24.3 Å². The molecule has 0 aromatic heterocycles. The van der Waals surface area contributed by atoms with Crippen LogP contribution in [0, 0.1) is 11.3 Å². The van der Waals surface area contributed by atoms with Crippen molar-refractivity contribution in [2.75, 3.05) is 13.2 Å². The molecule has 12 heavy (non-hydrogen) atoms. The first-order valence-corrected chi connectivity index (χ1v) is 4.88. The summed E-state index contributed by atoms with van der Waals surface area (Å²) in [4.78, 5) is 0. The lowest BCUT2D eigenvalue weighted by Crippen LogP contribution is -2.46. The number of hydrogen-bond donors (Lipinski definition) is 2. The molecule has 1 saturated heterocycles. The van der Waals surface area contributed by atoms with Crippen LogP contribution in [0.3, 0.4) is 0 Å². The van der Waals surface area contributed by atoms with Gasteiger partial charge in [0, 0.05) is 12.6 Å². The van der Waals surface area contributed by atoms with Crippen molar-refractivity contribution in [3.05, 3.63) is 0 Å². The second-order valence-corrected chi connectivity index (χ2v) is 4.95. The van der Waals surface area contributed by atoms with Crippen LogP contribution in [0.5, 0.6) is 0 Å². The van der Waals surface area contributed by atoms with Gasteiger partial charge >= 0.3 is 0 Å². The van der Waals surface area contributed by atoms with Crippen molar-refractivity contribution in [3.8, 4) is 0 Å². The minimum Gasteiger partial charge on any atom is -0.396 e. The summed E-state index contributed by atoms with van der Waals surface area (Å²) < 4.78 is 0. The second kappa shape index (κ2) is 3.75. The van der Waals surface area contributed by atoms with E-state index in [2.05, 4.69) is 26.1 Å². The van der Waals surface area contributed by atoms with Gasteiger partial charge in [-0.3, -0.25) is 0 Å². The van der Waals surface area contributed by atoms with Crippen molar-refractivity contribution in [2.45, 2.75) is 39.7 Å². The number of hydrogen-bond acceptors (Lipinski definition) is 2. The summed E-state index contributed by atoms with van der Waals surface area (Å²) in [5.74, 6) is 0.524. The van der Waals surface area contributed by atoms with E-state index in [1.807, 2.05) is 0 Å². The maximum atomic E-state index is 9.05. The van der Waals surface area contributed by atoms with E-state index in [-0.39, 0.29) is 0 Å². The van der Waals surface area contributed by atoms with Gasteiger partial charge in [-0.2, -0.15) is 0 Å². The Kier molecular flexibility index (Phi) is 3.13. The highest BCUT2D eigenvalue weighted by molar-refractivity contribution is 4.86.